The van der Waals surface area contributed by atoms with Crippen LogP contribution < -0.4 is 16.0 Å². The van der Waals surface area contributed by atoms with Crippen molar-refractivity contribution in [3.05, 3.63) is 187 Å². The first-order valence-electron chi connectivity index (χ1n) is 19.8. The number of aromatic nitrogens is 1. The van der Waals surface area contributed by atoms with Gasteiger partial charge in [0.15, 0.2) is 0 Å². The maximum absolute atomic E-state index is 6.86. The molecule has 0 radical (unpaired) electrons. The molecule has 4 heterocycles. The number of rotatable bonds is 5. The lowest BCUT2D eigenvalue weighted by Gasteiger charge is -2.42. The molecule has 1 fully saturated rings. The normalized spacial score (nSPS) is 19.9. The van der Waals surface area contributed by atoms with E-state index in [1.807, 2.05) is 11.3 Å². The van der Waals surface area contributed by atoms with Crippen LogP contribution >= 0.6 is 11.3 Å². The summed E-state index contributed by atoms with van der Waals surface area (Å²) in [6, 6.07) is 55.1. The highest BCUT2D eigenvalue weighted by atomic mass is 32.1. The van der Waals surface area contributed by atoms with E-state index in [0.29, 0.717) is 5.92 Å². The summed E-state index contributed by atoms with van der Waals surface area (Å²) in [6.07, 6.45) is 9.76. The summed E-state index contributed by atoms with van der Waals surface area (Å²) >= 11 is 1.86. The minimum absolute atomic E-state index is 0.0282. The Bertz CT molecular complexity index is 3190. The average Bonchev–Trinajstić information content (AvgIpc) is 3.96. The molecule has 3 N–H and O–H groups in total. The molecule has 6 heteroatoms. The summed E-state index contributed by atoms with van der Waals surface area (Å²) in [5.41, 5.74) is 10.1. The zero-order valence-corrected chi connectivity index (χ0v) is 31.8. The van der Waals surface area contributed by atoms with E-state index in [2.05, 4.69) is 196 Å². The Hall–Kier alpha value is -6.28. The van der Waals surface area contributed by atoms with Crippen molar-refractivity contribution in [2.45, 2.75) is 24.9 Å². The Morgan fingerprint density at radius 2 is 1.30 bits per heavy atom. The second-order valence-electron chi connectivity index (χ2n) is 15.3. The van der Waals surface area contributed by atoms with Gasteiger partial charge < -0.3 is 8.98 Å². The van der Waals surface area contributed by atoms with Crippen molar-refractivity contribution in [3.63, 3.8) is 0 Å². The number of hydrogen-bond donors (Lipinski definition) is 3. The SMILES string of the molecule is C1=CCC(C2NC(c3ccccc3)NC(c3cccc4c3oc3cccc(-c5ccc6sc7ccc(-n8c9ccccc9c9ccccc98)cc7c6c5)c34)N2)C=C1. The first-order valence-corrected chi connectivity index (χ1v) is 20.6. The van der Waals surface area contributed by atoms with Crippen LogP contribution in [0.25, 0.3) is 80.7 Å². The first kappa shape index (κ1) is 32.9. The Morgan fingerprint density at radius 3 is 2.11 bits per heavy atom. The van der Waals surface area contributed by atoms with E-state index in [0.717, 1.165) is 33.9 Å². The molecule has 1 aliphatic carbocycles. The zero-order valence-electron chi connectivity index (χ0n) is 31.0. The Labute approximate surface area is 333 Å². The van der Waals surface area contributed by atoms with Gasteiger partial charge in [-0.25, -0.2) is 0 Å². The van der Waals surface area contributed by atoms with Crippen molar-refractivity contribution in [3.8, 4) is 16.8 Å². The lowest BCUT2D eigenvalue weighted by Crippen LogP contribution is -2.61. The van der Waals surface area contributed by atoms with E-state index in [-0.39, 0.29) is 18.5 Å². The number of hydrogen-bond acceptors (Lipinski definition) is 5. The molecule has 0 amide bonds. The maximum Gasteiger partial charge on any atom is 0.141 e. The highest BCUT2D eigenvalue weighted by Gasteiger charge is 2.34. The number of allylic oxidation sites excluding steroid dienone is 3. The molecule has 4 unspecified atom stereocenters. The number of benzene rings is 7. The summed E-state index contributed by atoms with van der Waals surface area (Å²) in [6.45, 7) is 0. The third-order valence-corrected chi connectivity index (χ3v) is 13.2. The van der Waals surface area contributed by atoms with Crippen LogP contribution in [0.1, 0.15) is 29.9 Å². The summed E-state index contributed by atoms with van der Waals surface area (Å²) in [5.74, 6) is 0.327. The fourth-order valence-corrected chi connectivity index (χ4v) is 10.5. The average molecular weight is 755 g/mol. The lowest BCUT2D eigenvalue weighted by atomic mass is 9.94. The van der Waals surface area contributed by atoms with Gasteiger partial charge in [0.1, 0.15) is 11.2 Å². The minimum atomic E-state index is -0.134. The van der Waals surface area contributed by atoms with Gasteiger partial charge in [-0.1, -0.05) is 127 Å². The van der Waals surface area contributed by atoms with Gasteiger partial charge in [0.2, 0.25) is 0 Å². The van der Waals surface area contributed by atoms with E-state index < -0.39 is 0 Å². The molecule has 7 aromatic carbocycles. The number of para-hydroxylation sites is 3. The molecular weight excluding hydrogens is 717 g/mol. The zero-order chi connectivity index (χ0) is 37.5. The number of thiophene rings is 1. The smallest absolute Gasteiger partial charge is 0.141 e. The number of nitrogens with zero attached hydrogens (tertiary/aromatic N) is 1. The van der Waals surface area contributed by atoms with Crippen LogP contribution in [0, 0.1) is 5.92 Å². The molecule has 10 aromatic rings. The highest BCUT2D eigenvalue weighted by molar-refractivity contribution is 7.25. The van der Waals surface area contributed by atoms with Crippen molar-refractivity contribution >= 4 is 75.3 Å². The monoisotopic (exact) mass is 754 g/mol. The number of furan rings is 1. The minimum Gasteiger partial charge on any atom is -0.456 e. The van der Waals surface area contributed by atoms with Crippen LogP contribution in [0.5, 0.6) is 0 Å². The van der Waals surface area contributed by atoms with Crippen molar-refractivity contribution in [1.82, 2.24) is 20.5 Å². The van der Waals surface area contributed by atoms with Crippen LogP contribution in [0.2, 0.25) is 0 Å². The molecule has 274 valence electrons. The van der Waals surface area contributed by atoms with E-state index >= 15 is 0 Å². The molecule has 0 saturated carbocycles. The molecule has 0 spiro atoms. The Kier molecular flexibility index (Phi) is 7.60. The maximum atomic E-state index is 6.86. The second kappa shape index (κ2) is 13.2. The fraction of sp³-hybridized carbons (Fsp3) is 0.0980. The predicted molar refractivity (Wildman–Crippen MR) is 238 cm³/mol. The van der Waals surface area contributed by atoms with Crippen molar-refractivity contribution < 1.29 is 4.42 Å². The van der Waals surface area contributed by atoms with Crippen molar-refractivity contribution in [2.75, 3.05) is 0 Å². The van der Waals surface area contributed by atoms with E-state index in [1.54, 1.807) is 0 Å². The molecule has 57 heavy (non-hydrogen) atoms. The molecule has 1 saturated heterocycles. The van der Waals surface area contributed by atoms with Crippen LogP contribution in [0.3, 0.4) is 0 Å². The van der Waals surface area contributed by atoms with Gasteiger partial charge in [-0.05, 0) is 71.6 Å². The van der Waals surface area contributed by atoms with Gasteiger partial charge in [0.05, 0.1) is 29.5 Å². The number of fused-ring (bicyclic) bond motifs is 9. The van der Waals surface area contributed by atoms with Crippen molar-refractivity contribution in [1.29, 1.82) is 0 Å². The van der Waals surface area contributed by atoms with Gasteiger partial charge >= 0.3 is 0 Å². The summed E-state index contributed by atoms with van der Waals surface area (Å²) in [7, 11) is 0. The lowest BCUT2D eigenvalue weighted by molar-refractivity contribution is 0.171. The molecular formula is C51H38N4OS. The first-order chi connectivity index (χ1) is 28.2. The van der Waals surface area contributed by atoms with Crippen LogP contribution in [-0.4, -0.2) is 10.7 Å². The number of nitrogens with one attached hydrogen (secondary N) is 3. The summed E-state index contributed by atoms with van der Waals surface area (Å²) in [4.78, 5) is 0. The largest absolute Gasteiger partial charge is 0.456 e. The van der Waals surface area contributed by atoms with Gasteiger partial charge in [0, 0.05) is 58.9 Å². The van der Waals surface area contributed by atoms with Gasteiger partial charge in [-0.2, -0.15) is 0 Å². The molecule has 0 bridgehead atoms. The van der Waals surface area contributed by atoms with Gasteiger partial charge in [-0.15, -0.1) is 11.3 Å². The predicted octanol–water partition coefficient (Wildman–Crippen LogP) is 12.7. The van der Waals surface area contributed by atoms with Gasteiger partial charge in [-0.3, -0.25) is 16.0 Å². The molecule has 2 aliphatic rings. The Balaban J connectivity index is 0.975. The quantitative estimate of drug-likeness (QED) is 0.164. The molecule has 5 nitrogen and oxygen atoms in total. The second-order valence-corrected chi connectivity index (χ2v) is 16.4. The van der Waals surface area contributed by atoms with E-state index in [4.69, 9.17) is 4.42 Å². The van der Waals surface area contributed by atoms with Crippen LogP contribution in [-0.2, 0) is 0 Å². The Morgan fingerprint density at radius 1 is 0.579 bits per heavy atom. The molecule has 4 atom stereocenters. The topological polar surface area (TPSA) is 54.2 Å². The third kappa shape index (κ3) is 5.33. The summed E-state index contributed by atoms with van der Waals surface area (Å²) < 4.78 is 11.8. The molecule has 12 rings (SSSR count). The van der Waals surface area contributed by atoms with E-state index in [9.17, 15) is 0 Å². The van der Waals surface area contributed by atoms with Crippen LogP contribution in [0.4, 0.5) is 0 Å². The van der Waals surface area contributed by atoms with Crippen molar-refractivity contribution in [2.24, 2.45) is 5.92 Å². The molecule has 1 aliphatic heterocycles. The highest BCUT2D eigenvalue weighted by Crippen LogP contribution is 2.43. The van der Waals surface area contributed by atoms with Crippen LogP contribution in [0.15, 0.2) is 180 Å². The third-order valence-electron chi connectivity index (χ3n) is 12.1. The van der Waals surface area contributed by atoms with E-state index in [1.165, 1.54) is 64.4 Å². The van der Waals surface area contributed by atoms with Gasteiger partial charge in [0.25, 0.3) is 0 Å². The summed E-state index contributed by atoms with van der Waals surface area (Å²) in [5, 5.41) is 19.0. The fourth-order valence-electron chi connectivity index (χ4n) is 9.39. The standard InChI is InChI=1S/C51H38N4OS/c1-3-13-31(14-4-1)49-52-50(32-15-5-2-6-16-32)54-51(53-49)39-21-11-20-38-47-35(19-12-24-44(47)56-48(38)39)33-25-27-45-40(29-33)41-30-34(26-28-46(41)57-45)55-42-22-9-7-17-36(42)37-18-8-10-23-43(37)55/h1-15,17-30,32,49-54H,16H2. The molecule has 3 aromatic heterocycles.